The molecule has 0 bridgehead atoms. The minimum absolute atomic E-state index is 0.0670. The van der Waals surface area contributed by atoms with Crippen molar-refractivity contribution in [2.45, 2.75) is 27.0 Å². The number of fused-ring (bicyclic) bond motifs is 1. The highest BCUT2D eigenvalue weighted by Gasteiger charge is 2.24. The second kappa shape index (κ2) is 9.69. The molecule has 0 aliphatic heterocycles. The maximum atomic E-state index is 13.6. The van der Waals surface area contributed by atoms with Crippen molar-refractivity contribution in [1.82, 2.24) is 4.90 Å². The minimum Gasteiger partial charge on any atom is -0.508 e. The lowest BCUT2D eigenvalue weighted by Gasteiger charge is -2.26. The molecule has 0 spiro atoms. The number of rotatable bonds is 8. The molecular formula is C27H26ClNO4. The van der Waals surface area contributed by atoms with Crippen molar-refractivity contribution in [3.63, 3.8) is 0 Å². The zero-order chi connectivity index (χ0) is 23.5. The van der Waals surface area contributed by atoms with Crippen molar-refractivity contribution in [3.05, 3.63) is 82.9 Å². The number of benzene rings is 3. The Balaban J connectivity index is 1.71. The van der Waals surface area contributed by atoms with Gasteiger partial charge in [0.05, 0.1) is 5.56 Å². The van der Waals surface area contributed by atoms with E-state index in [4.69, 9.17) is 20.8 Å². The Morgan fingerprint density at radius 2 is 1.70 bits per heavy atom. The van der Waals surface area contributed by atoms with Gasteiger partial charge in [-0.3, -0.25) is 9.69 Å². The molecule has 170 valence electrons. The Kier molecular flexibility index (Phi) is 6.72. The van der Waals surface area contributed by atoms with Crippen LogP contribution in [0.3, 0.4) is 0 Å². The molecule has 1 unspecified atom stereocenters. The average Bonchev–Trinajstić information content (AvgIpc) is 3.19. The van der Waals surface area contributed by atoms with Gasteiger partial charge < -0.3 is 14.3 Å². The van der Waals surface area contributed by atoms with E-state index in [-0.39, 0.29) is 17.8 Å². The molecular weight excluding hydrogens is 438 g/mol. The maximum Gasteiger partial charge on any atom is 0.197 e. The van der Waals surface area contributed by atoms with Crippen LogP contribution in [0.1, 0.15) is 36.7 Å². The molecule has 1 heterocycles. The zero-order valence-corrected chi connectivity index (χ0v) is 19.6. The van der Waals surface area contributed by atoms with Gasteiger partial charge in [-0.1, -0.05) is 25.4 Å². The summed E-state index contributed by atoms with van der Waals surface area (Å²) < 4.78 is 12.1. The predicted octanol–water partition coefficient (Wildman–Crippen LogP) is 6.76. The minimum atomic E-state index is -0.178. The summed E-state index contributed by atoms with van der Waals surface area (Å²) in [7, 11) is 0. The number of phenolic OH excluding ortho intramolecular Hbond substituents is 1. The van der Waals surface area contributed by atoms with Crippen molar-refractivity contribution in [1.29, 1.82) is 0 Å². The number of hydrogen-bond acceptors (Lipinski definition) is 5. The topological polar surface area (TPSA) is 62.9 Å². The molecule has 0 aliphatic rings. The Labute approximate surface area is 198 Å². The molecule has 3 aromatic carbocycles. The summed E-state index contributed by atoms with van der Waals surface area (Å²) in [5.41, 5.74) is 2.21. The molecule has 1 N–H and O–H groups in total. The van der Waals surface area contributed by atoms with Gasteiger partial charge in [-0.2, -0.15) is 0 Å². The van der Waals surface area contributed by atoms with Gasteiger partial charge in [-0.25, -0.2) is 0 Å². The van der Waals surface area contributed by atoms with Gasteiger partial charge in [0.15, 0.2) is 5.78 Å². The number of ketones is 1. The van der Waals surface area contributed by atoms with Crippen LogP contribution in [0.15, 0.2) is 71.1 Å². The number of phenols is 1. The van der Waals surface area contributed by atoms with Crippen LogP contribution in [-0.4, -0.2) is 35.1 Å². The third-order valence-corrected chi connectivity index (χ3v) is 5.99. The summed E-state index contributed by atoms with van der Waals surface area (Å²) in [6, 6.07) is 18.9. The highest BCUT2D eigenvalue weighted by Crippen LogP contribution is 2.37. The first-order valence-electron chi connectivity index (χ1n) is 11.0. The molecule has 0 amide bonds. The molecule has 5 nitrogen and oxygen atoms in total. The van der Waals surface area contributed by atoms with Gasteiger partial charge in [0, 0.05) is 21.5 Å². The van der Waals surface area contributed by atoms with Gasteiger partial charge in [-0.15, -0.1) is 0 Å². The van der Waals surface area contributed by atoms with E-state index in [9.17, 15) is 9.90 Å². The number of hydrogen-bond donors (Lipinski definition) is 1. The molecule has 6 heteroatoms. The van der Waals surface area contributed by atoms with Crippen molar-refractivity contribution >= 4 is 28.4 Å². The first-order chi connectivity index (χ1) is 15.9. The third kappa shape index (κ3) is 4.75. The van der Waals surface area contributed by atoms with Crippen LogP contribution in [0.25, 0.3) is 22.3 Å². The Morgan fingerprint density at radius 3 is 2.33 bits per heavy atom. The zero-order valence-electron chi connectivity index (χ0n) is 18.8. The molecule has 0 radical (unpaired) electrons. The number of aromatic hydroxyl groups is 1. The molecule has 33 heavy (non-hydrogen) atoms. The summed E-state index contributed by atoms with van der Waals surface area (Å²) in [5.74, 6) is 1.10. The smallest absolute Gasteiger partial charge is 0.197 e. The van der Waals surface area contributed by atoms with Crippen LogP contribution in [0.4, 0.5) is 0 Å². The third-order valence-electron chi connectivity index (χ3n) is 5.76. The lowest BCUT2D eigenvalue weighted by atomic mass is 9.97. The van der Waals surface area contributed by atoms with Gasteiger partial charge in [-0.05, 0) is 86.7 Å². The van der Waals surface area contributed by atoms with Gasteiger partial charge in [0.25, 0.3) is 0 Å². The first kappa shape index (κ1) is 22.9. The molecule has 0 saturated heterocycles. The van der Waals surface area contributed by atoms with E-state index >= 15 is 0 Å². The number of furan rings is 1. The lowest BCUT2D eigenvalue weighted by molar-refractivity contribution is 0.0481. The standard InChI is InChI=1S/C27H26ClNO4/c1-4-29(5-2)17(3)32-22-13-8-18(9-14-22)26(31)25-23-16-20(28)10-15-24(23)33-27(25)19-6-11-21(30)12-7-19/h6-17,30H,4-5H2,1-3H3. The van der Waals surface area contributed by atoms with E-state index in [0.29, 0.717) is 44.2 Å². The second-order valence-electron chi connectivity index (χ2n) is 7.79. The molecule has 1 aromatic heterocycles. The van der Waals surface area contributed by atoms with Crippen LogP contribution in [-0.2, 0) is 0 Å². The summed E-state index contributed by atoms with van der Waals surface area (Å²) in [6.45, 7) is 7.99. The largest absolute Gasteiger partial charge is 0.508 e. The van der Waals surface area contributed by atoms with E-state index < -0.39 is 0 Å². The van der Waals surface area contributed by atoms with Crippen LogP contribution in [0, 0.1) is 0 Å². The average molecular weight is 464 g/mol. The van der Waals surface area contributed by atoms with Gasteiger partial charge in [0.2, 0.25) is 0 Å². The molecule has 1 atom stereocenters. The monoisotopic (exact) mass is 463 g/mol. The summed E-state index contributed by atoms with van der Waals surface area (Å²) >= 11 is 6.23. The van der Waals surface area contributed by atoms with Crippen molar-refractivity contribution < 1.29 is 19.1 Å². The van der Waals surface area contributed by atoms with Crippen molar-refractivity contribution in [3.8, 4) is 22.8 Å². The fourth-order valence-corrected chi connectivity index (χ4v) is 4.12. The highest BCUT2D eigenvalue weighted by atomic mass is 35.5. The number of carbonyl (C=O) groups is 1. The number of halogens is 1. The van der Waals surface area contributed by atoms with Crippen LogP contribution in [0.5, 0.6) is 11.5 Å². The lowest BCUT2D eigenvalue weighted by Crippen LogP contribution is -2.36. The summed E-state index contributed by atoms with van der Waals surface area (Å²) in [6.07, 6.45) is -0.0670. The van der Waals surface area contributed by atoms with E-state index in [1.165, 1.54) is 0 Å². The number of nitrogens with zero attached hydrogens (tertiary/aromatic N) is 1. The number of ether oxygens (including phenoxy) is 1. The van der Waals surface area contributed by atoms with Crippen LogP contribution >= 0.6 is 11.6 Å². The summed E-state index contributed by atoms with van der Waals surface area (Å²) in [5, 5.41) is 10.8. The van der Waals surface area contributed by atoms with Crippen LogP contribution in [0.2, 0.25) is 5.02 Å². The molecule has 0 fully saturated rings. The van der Waals surface area contributed by atoms with E-state index in [2.05, 4.69) is 18.7 Å². The van der Waals surface area contributed by atoms with Gasteiger partial charge in [0.1, 0.15) is 29.1 Å². The molecule has 4 rings (SSSR count). The quantitative estimate of drug-likeness (QED) is 0.231. The normalized spacial score (nSPS) is 12.3. The Morgan fingerprint density at radius 1 is 1.03 bits per heavy atom. The highest BCUT2D eigenvalue weighted by molar-refractivity contribution is 6.32. The Bertz CT molecular complexity index is 1260. The maximum absolute atomic E-state index is 13.6. The van der Waals surface area contributed by atoms with Gasteiger partial charge >= 0.3 is 0 Å². The van der Waals surface area contributed by atoms with Crippen LogP contribution < -0.4 is 4.74 Å². The molecule has 0 aliphatic carbocycles. The molecule has 0 saturated carbocycles. The Hall–Kier alpha value is -3.28. The first-order valence-corrected chi connectivity index (χ1v) is 11.4. The van der Waals surface area contributed by atoms with Crippen molar-refractivity contribution in [2.24, 2.45) is 0 Å². The second-order valence-corrected chi connectivity index (χ2v) is 8.22. The van der Waals surface area contributed by atoms with Crippen molar-refractivity contribution in [2.75, 3.05) is 13.1 Å². The van der Waals surface area contributed by atoms with E-state index in [0.717, 1.165) is 13.1 Å². The SMILES string of the molecule is CCN(CC)C(C)Oc1ccc(C(=O)c2c(-c3ccc(O)cc3)oc3ccc(Cl)cc23)cc1. The van der Waals surface area contributed by atoms with E-state index in [1.54, 1.807) is 54.6 Å². The number of carbonyl (C=O) groups excluding carboxylic acids is 1. The molecule has 4 aromatic rings. The predicted molar refractivity (Wildman–Crippen MR) is 131 cm³/mol. The van der Waals surface area contributed by atoms with E-state index in [1.807, 2.05) is 19.1 Å². The summed E-state index contributed by atoms with van der Waals surface area (Å²) in [4.78, 5) is 15.8. The fraction of sp³-hybridized carbons (Fsp3) is 0.222. The fourth-order valence-electron chi connectivity index (χ4n) is 3.95.